The number of rotatable bonds is 2. The van der Waals surface area contributed by atoms with Crippen LogP contribution >= 0.6 is 11.6 Å². The Balaban J connectivity index is 2.25. The van der Waals surface area contributed by atoms with Crippen molar-refractivity contribution >= 4 is 23.1 Å². The number of alkyl halides is 3. The van der Waals surface area contributed by atoms with Gasteiger partial charge >= 0.3 is 6.18 Å². The maximum Gasteiger partial charge on any atom is 0.416 e. The summed E-state index contributed by atoms with van der Waals surface area (Å²) in [6.45, 7) is 3.55. The molecular formula is C13H11ClF3N3. The van der Waals surface area contributed by atoms with Crippen molar-refractivity contribution in [3.8, 4) is 0 Å². The van der Waals surface area contributed by atoms with Crippen LogP contribution < -0.4 is 5.32 Å². The number of aryl methyl sites for hydroxylation is 2. The number of benzene rings is 1. The lowest BCUT2D eigenvalue weighted by Crippen LogP contribution is -2.05. The Morgan fingerprint density at radius 2 is 1.55 bits per heavy atom. The monoisotopic (exact) mass is 301 g/mol. The van der Waals surface area contributed by atoms with E-state index in [1.807, 2.05) is 0 Å². The van der Waals surface area contributed by atoms with Crippen LogP contribution in [0, 0.1) is 13.8 Å². The quantitative estimate of drug-likeness (QED) is 0.887. The first-order valence-electron chi connectivity index (χ1n) is 5.72. The van der Waals surface area contributed by atoms with Gasteiger partial charge in [0.05, 0.1) is 17.0 Å². The summed E-state index contributed by atoms with van der Waals surface area (Å²) in [7, 11) is 0. The summed E-state index contributed by atoms with van der Waals surface area (Å²) in [4.78, 5) is 8.30. The second kappa shape index (κ2) is 5.28. The predicted molar refractivity (Wildman–Crippen MR) is 71.2 cm³/mol. The number of hydrogen-bond acceptors (Lipinski definition) is 3. The van der Waals surface area contributed by atoms with E-state index in [0.29, 0.717) is 22.9 Å². The molecule has 0 unspecified atom stereocenters. The summed E-state index contributed by atoms with van der Waals surface area (Å²) in [6.07, 6.45) is -4.35. The van der Waals surface area contributed by atoms with Crippen LogP contribution in [0.25, 0.3) is 0 Å². The molecule has 0 bridgehead atoms. The lowest BCUT2D eigenvalue weighted by atomic mass is 10.2. The summed E-state index contributed by atoms with van der Waals surface area (Å²) in [5, 5.41) is 3.02. The first kappa shape index (κ1) is 14.6. The molecule has 0 aliphatic heterocycles. The van der Waals surface area contributed by atoms with Gasteiger partial charge in [0, 0.05) is 5.69 Å². The number of nitrogens with zero attached hydrogens (tertiary/aromatic N) is 2. The van der Waals surface area contributed by atoms with Gasteiger partial charge in [-0.3, -0.25) is 0 Å². The minimum absolute atomic E-state index is 0.174. The summed E-state index contributed by atoms with van der Waals surface area (Å²) < 4.78 is 37.3. The van der Waals surface area contributed by atoms with Crippen LogP contribution in [0.15, 0.2) is 24.3 Å². The third kappa shape index (κ3) is 3.19. The molecule has 106 valence electrons. The molecule has 1 aromatic carbocycles. The average molecular weight is 302 g/mol. The molecule has 0 atom stereocenters. The normalized spacial score (nSPS) is 11.5. The van der Waals surface area contributed by atoms with E-state index in [4.69, 9.17) is 11.6 Å². The third-order valence-corrected chi connectivity index (χ3v) is 3.00. The summed E-state index contributed by atoms with van der Waals surface area (Å²) in [5.74, 6) is 0.314. The Morgan fingerprint density at radius 1 is 1.00 bits per heavy atom. The highest BCUT2D eigenvalue weighted by Gasteiger charge is 2.29. The Morgan fingerprint density at radius 3 is 2.10 bits per heavy atom. The van der Waals surface area contributed by atoms with Crippen LogP contribution in [0.4, 0.5) is 24.7 Å². The van der Waals surface area contributed by atoms with Crippen molar-refractivity contribution in [2.75, 3.05) is 5.32 Å². The van der Waals surface area contributed by atoms with Crippen molar-refractivity contribution in [1.29, 1.82) is 0 Å². The fraction of sp³-hybridized carbons (Fsp3) is 0.231. The Labute approximate surface area is 118 Å². The maximum atomic E-state index is 12.4. The standard InChI is InChI=1S/C13H11ClF3N3/c1-7-8(2)19-12(11(14)18-7)20-10-5-3-9(4-6-10)13(15,16)17/h3-6H,1-2H3,(H,19,20). The van der Waals surface area contributed by atoms with Crippen LogP contribution in [0.2, 0.25) is 5.15 Å². The number of nitrogens with one attached hydrogen (secondary N) is 1. The van der Waals surface area contributed by atoms with Crippen LogP contribution in [0.3, 0.4) is 0 Å². The smallest absolute Gasteiger partial charge is 0.338 e. The van der Waals surface area contributed by atoms with Crippen molar-refractivity contribution in [2.45, 2.75) is 20.0 Å². The van der Waals surface area contributed by atoms with E-state index in [1.54, 1.807) is 13.8 Å². The van der Waals surface area contributed by atoms with Crippen molar-refractivity contribution in [1.82, 2.24) is 9.97 Å². The molecule has 0 saturated carbocycles. The van der Waals surface area contributed by atoms with E-state index in [2.05, 4.69) is 15.3 Å². The molecule has 1 N–H and O–H groups in total. The molecule has 7 heteroatoms. The molecule has 0 aliphatic rings. The summed E-state index contributed by atoms with van der Waals surface area (Å²) >= 11 is 5.94. The van der Waals surface area contributed by atoms with Gasteiger partial charge < -0.3 is 5.32 Å². The zero-order chi connectivity index (χ0) is 14.9. The number of hydrogen-bond donors (Lipinski definition) is 1. The third-order valence-electron chi connectivity index (χ3n) is 2.74. The minimum Gasteiger partial charge on any atom is -0.338 e. The summed E-state index contributed by atoms with van der Waals surface area (Å²) in [6, 6.07) is 4.61. The number of anilines is 2. The minimum atomic E-state index is -4.35. The van der Waals surface area contributed by atoms with E-state index in [-0.39, 0.29) is 5.15 Å². The van der Waals surface area contributed by atoms with Crippen molar-refractivity contribution in [3.63, 3.8) is 0 Å². The van der Waals surface area contributed by atoms with Gasteiger partial charge in [0.25, 0.3) is 0 Å². The fourth-order valence-corrected chi connectivity index (χ4v) is 1.75. The molecule has 2 aromatic rings. The maximum absolute atomic E-state index is 12.4. The first-order chi connectivity index (χ1) is 9.27. The Kier molecular flexibility index (Phi) is 3.85. The van der Waals surface area contributed by atoms with E-state index < -0.39 is 11.7 Å². The van der Waals surface area contributed by atoms with Crippen molar-refractivity contribution < 1.29 is 13.2 Å². The molecule has 1 heterocycles. The van der Waals surface area contributed by atoms with Crippen molar-refractivity contribution in [3.05, 3.63) is 46.4 Å². The van der Waals surface area contributed by atoms with Gasteiger partial charge in [0.2, 0.25) is 0 Å². The second-order valence-electron chi connectivity index (χ2n) is 4.23. The Bertz CT molecular complexity index is 624. The average Bonchev–Trinajstić information content (AvgIpc) is 2.35. The van der Waals surface area contributed by atoms with Gasteiger partial charge in [-0.2, -0.15) is 13.2 Å². The highest BCUT2D eigenvalue weighted by molar-refractivity contribution is 6.31. The van der Waals surface area contributed by atoms with Crippen LogP contribution in [-0.4, -0.2) is 9.97 Å². The predicted octanol–water partition coefficient (Wildman–Crippen LogP) is 4.51. The summed E-state index contributed by atoms with van der Waals surface area (Å²) in [5.41, 5.74) is 1.15. The SMILES string of the molecule is Cc1nc(Cl)c(Nc2ccc(C(F)(F)F)cc2)nc1C. The highest BCUT2D eigenvalue weighted by atomic mass is 35.5. The largest absolute Gasteiger partial charge is 0.416 e. The molecule has 0 spiro atoms. The zero-order valence-electron chi connectivity index (χ0n) is 10.7. The molecule has 0 saturated heterocycles. The fourth-order valence-electron chi connectivity index (χ4n) is 1.53. The zero-order valence-corrected chi connectivity index (χ0v) is 11.5. The van der Waals surface area contributed by atoms with Crippen LogP contribution in [-0.2, 0) is 6.18 Å². The lowest BCUT2D eigenvalue weighted by molar-refractivity contribution is -0.137. The topological polar surface area (TPSA) is 37.8 Å². The number of aromatic nitrogens is 2. The van der Waals surface area contributed by atoms with Gasteiger partial charge in [0.15, 0.2) is 11.0 Å². The molecule has 20 heavy (non-hydrogen) atoms. The first-order valence-corrected chi connectivity index (χ1v) is 6.10. The van der Waals surface area contributed by atoms with E-state index in [9.17, 15) is 13.2 Å². The highest BCUT2D eigenvalue weighted by Crippen LogP contribution is 2.30. The number of halogens is 4. The van der Waals surface area contributed by atoms with E-state index in [1.165, 1.54) is 12.1 Å². The molecule has 2 rings (SSSR count). The Hall–Kier alpha value is -1.82. The van der Waals surface area contributed by atoms with E-state index in [0.717, 1.165) is 12.1 Å². The van der Waals surface area contributed by atoms with Gasteiger partial charge in [-0.1, -0.05) is 11.6 Å². The van der Waals surface area contributed by atoms with Gasteiger partial charge in [-0.15, -0.1) is 0 Å². The lowest BCUT2D eigenvalue weighted by Gasteiger charge is -2.11. The molecule has 0 aliphatic carbocycles. The molecule has 0 amide bonds. The van der Waals surface area contributed by atoms with Crippen LogP contribution in [0.5, 0.6) is 0 Å². The van der Waals surface area contributed by atoms with Crippen LogP contribution in [0.1, 0.15) is 17.0 Å². The molecule has 1 aromatic heterocycles. The van der Waals surface area contributed by atoms with Crippen molar-refractivity contribution in [2.24, 2.45) is 0 Å². The van der Waals surface area contributed by atoms with Gasteiger partial charge in [0.1, 0.15) is 0 Å². The van der Waals surface area contributed by atoms with Gasteiger partial charge in [-0.25, -0.2) is 9.97 Å². The van der Waals surface area contributed by atoms with E-state index >= 15 is 0 Å². The second-order valence-corrected chi connectivity index (χ2v) is 4.59. The molecule has 0 radical (unpaired) electrons. The van der Waals surface area contributed by atoms with Gasteiger partial charge in [-0.05, 0) is 38.1 Å². The molecule has 3 nitrogen and oxygen atoms in total. The molecule has 0 fully saturated rings. The molecular weight excluding hydrogens is 291 g/mol.